The summed E-state index contributed by atoms with van der Waals surface area (Å²) in [6, 6.07) is 0. The standard InChI is InChI=1S/C9H13N3O2/c1-10-2-7-3-11-4-9(12-7)14-8-5-13-6-8/h3-4,8,10H,2,5-6H2,1H3. The minimum absolute atomic E-state index is 0.147. The van der Waals surface area contributed by atoms with Gasteiger partial charge in [-0.15, -0.1) is 0 Å². The van der Waals surface area contributed by atoms with Crippen molar-refractivity contribution in [3.05, 3.63) is 18.1 Å². The zero-order valence-corrected chi connectivity index (χ0v) is 8.06. The van der Waals surface area contributed by atoms with E-state index in [1.165, 1.54) is 0 Å². The second-order valence-electron chi connectivity index (χ2n) is 3.16. The Labute approximate surface area is 82.5 Å². The lowest BCUT2D eigenvalue weighted by molar-refractivity contribution is -0.0815. The molecule has 2 rings (SSSR count). The first-order valence-corrected chi connectivity index (χ1v) is 4.58. The predicted molar refractivity (Wildman–Crippen MR) is 50.0 cm³/mol. The van der Waals surface area contributed by atoms with E-state index in [0.29, 0.717) is 25.6 Å². The third-order valence-electron chi connectivity index (χ3n) is 1.92. The van der Waals surface area contributed by atoms with Crippen molar-refractivity contribution in [3.8, 4) is 5.88 Å². The largest absolute Gasteiger partial charge is 0.468 e. The lowest BCUT2D eigenvalue weighted by Crippen LogP contribution is -2.38. The van der Waals surface area contributed by atoms with E-state index in [4.69, 9.17) is 9.47 Å². The molecule has 0 bridgehead atoms. The van der Waals surface area contributed by atoms with Crippen molar-refractivity contribution in [3.63, 3.8) is 0 Å². The number of nitrogens with one attached hydrogen (secondary N) is 1. The molecule has 0 spiro atoms. The first-order chi connectivity index (χ1) is 6.88. The van der Waals surface area contributed by atoms with Crippen LogP contribution in [0.2, 0.25) is 0 Å². The van der Waals surface area contributed by atoms with E-state index >= 15 is 0 Å². The van der Waals surface area contributed by atoms with Crippen molar-refractivity contribution in [1.82, 2.24) is 15.3 Å². The molecule has 0 aliphatic carbocycles. The minimum atomic E-state index is 0.147. The number of aromatic nitrogens is 2. The molecule has 14 heavy (non-hydrogen) atoms. The summed E-state index contributed by atoms with van der Waals surface area (Å²) in [5.41, 5.74) is 0.880. The molecule has 5 nitrogen and oxygen atoms in total. The van der Waals surface area contributed by atoms with Gasteiger partial charge >= 0.3 is 0 Å². The second kappa shape index (κ2) is 4.34. The Balaban J connectivity index is 1.97. The van der Waals surface area contributed by atoms with Crippen LogP contribution in [0, 0.1) is 0 Å². The zero-order chi connectivity index (χ0) is 9.80. The second-order valence-corrected chi connectivity index (χ2v) is 3.16. The lowest BCUT2D eigenvalue weighted by atomic mass is 10.3. The smallest absolute Gasteiger partial charge is 0.233 e. The Bertz CT molecular complexity index is 302. The zero-order valence-electron chi connectivity index (χ0n) is 8.06. The lowest BCUT2D eigenvalue weighted by Gasteiger charge is -2.25. The Morgan fingerprint density at radius 3 is 3.07 bits per heavy atom. The van der Waals surface area contributed by atoms with Gasteiger partial charge in [-0.1, -0.05) is 0 Å². The van der Waals surface area contributed by atoms with Gasteiger partial charge in [0.1, 0.15) is 6.10 Å². The molecule has 1 aromatic rings. The molecule has 0 saturated carbocycles. The third kappa shape index (κ3) is 2.18. The van der Waals surface area contributed by atoms with Crippen molar-refractivity contribution in [1.29, 1.82) is 0 Å². The number of nitrogens with zero attached hydrogens (tertiary/aromatic N) is 2. The molecule has 0 aromatic carbocycles. The molecule has 76 valence electrons. The van der Waals surface area contributed by atoms with E-state index in [1.54, 1.807) is 12.4 Å². The van der Waals surface area contributed by atoms with Crippen LogP contribution < -0.4 is 10.1 Å². The van der Waals surface area contributed by atoms with Crippen LogP contribution in [0.5, 0.6) is 5.88 Å². The van der Waals surface area contributed by atoms with Crippen LogP contribution in [0.3, 0.4) is 0 Å². The van der Waals surface area contributed by atoms with E-state index in [9.17, 15) is 0 Å². The molecule has 1 N–H and O–H groups in total. The highest BCUT2D eigenvalue weighted by molar-refractivity contribution is 5.09. The molecular formula is C9H13N3O2. The van der Waals surface area contributed by atoms with Crippen molar-refractivity contribution in [2.24, 2.45) is 0 Å². The predicted octanol–water partition coefficient (Wildman–Crippen LogP) is -0.0264. The number of hydrogen-bond acceptors (Lipinski definition) is 5. The monoisotopic (exact) mass is 195 g/mol. The minimum Gasteiger partial charge on any atom is -0.468 e. The first kappa shape index (κ1) is 9.36. The summed E-state index contributed by atoms with van der Waals surface area (Å²) in [7, 11) is 1.87. The summed E-state index contributed by atoms with van der Waals surface area (Å²) in [4.78, 5) is 8.33. The average Bonchev–Trinajstić information content (AvgIpc) is 2.13. The summed E-state index contributed by atoms with van der Waals surface area (Å²) in [5.74, 6) is 0.575. The van der Waals surface area contributed by atoms with E-state index in [-0.39, 0.29) is 6.10 Å². The Morgan fingerprint density at radius 2 is 2.43 bits per heavy atom. The average molecular weight is 195 g/mol. The Hall–Kier alpha value is -1.20. The molecule has 1 aliphatic heterocycles. The van der Waals surface area contributed by atoms with Gasteiger partial charge in [0.05, 0.1) is 25.1 Å². The normalized spacial score (nSPS) is 16.4. The fourth-order valence-electron chi connectivity index (χ4n) is 1.16. The highest BCUT2D eigenvalue weighted by Crippen LogP contribution is 2.12. The summed E-state index contributed by atoms with van der Waals surface area (Å²) in [5, 5.41) is 3.01. The molecule has 0 unspecified atom stereocenters. The number of rotatable bonds is 4. The van der Waals surface area contributed by atoms with Crippen LogP contribution in [0.4, 0.5) is 0 Å². The molecule has 2 heterocycles. The summed E-state index contributed by atoms with van der Waals surface area (Å²) in [6.07, 6.45) is 3.49. The molecule has 5 heteroatoms. The van der Waals surface area contributed by atoms with Gasteiger partial charge < -0.3 is 14.8 Å². The maximum absolute atomic E-state index is 5.51. The van der Waals surface area contributed by atoms with E-state index < -0.39 is 0 Å². The fourth-order valence-corrected chi connectivity index (χ4v) is 1.16. The van der Waals surface area contributed by atoms with Crippen LogP contribution in [0.15, 0.2) is 12.4 Å². The molecule has 1 aromatic heterocycles. The molecule has 0 radical (unpaired) electrons. The third-order valence-corrected chi connectivity index (χ3v) is 1.92. The van der Waals surface area contributed by atoms with E-state index in [1.807, 2.05) is 7.05 Å². The molecule has 0 amide bonds. The number of ether oxygens (including phenoxy) is 2. The topological polar surface area (TPSA) is 56.3 Å². The SMILES string of the molecule is CNCc1cncc(OC2COC2)n1. The van der Waals surface area contributed by atoms with Gasteiger partial charge in [0, 0.05) is 12.7 Å². The van der Waals surface area contributed by atoms with Gasteiger partial charge in [-0.05, 0) is 7.05 Å². The van der Waals surface area contributed by atoms with Crippen molar-refractivity contribution in [2.75, 3.05) is 20.3 Å². The molecule has 1 fully saturated rings. The van der Waals surface area contributed by atoms with Gasteiger partial charge in [0.15, 0.2) is 0 Å². The van der Waals surface area contributed by atoms with Crippen LogP contribution in [0.1, 0.15) is 5.69 Å². The van der Waals surface area contributed by atoms with E-state index in [0.717, 1.165) is 5.69 Å². The van der Waals surface area contributed by atoms with Gasteiger partial charge in [0.2, 0.25) is 5.88 Å². The Morgan fingerprint density at radius 1 is 1.57 bits per heavy atom. The van der Waals surface area contributed by atoms with Gasteiger partial charge in [-0.2, -0.15) is 0 Å². The quantitative estimate of drug-likeness (QED) is 0.731. The summed E-state index contributed by atoms with van der Waals surface area (Å²) >= 11 is 0. The van der Waals surface area contributed by atoms with Crippen molar-refractivity contribution >= 4 is 0 Å². The summed E-state index contributed by atoms with van der Waals surface area (Å²) < 4.78 is 10.5. The van der Waals surface area contributed by atoms with Crippen LogP contribution >= 0.6 is 0 Å². The maximum atomic E-state index is 5.51. The highest BCUT2D eigenvalue weighted by atomic mass is 16.6. The fraction of sp³-hybridized carbons (Fsp3) is 0.556. The van der Waals surface area contributed by atoms with Gasteiger partial charge in [0.25, 0.3) is 0 Å². The van der Waals surface area contributed by atoms with Crippen LogP contribution in [-0.2, 0) is 11.3 Å². The molecule has 1 aliphatic rings. The molecule has 0 atom stereocenters. The van der Waals surface area contributed by atoms with Crippen LogP contribution in [0.25, 0.3) is 0 Å². The van der Waals surface area contributed by atoms with Gasteiger partial charge in [-0.3, -0.25) is 4.98 Å². The first-order valence-electron chi connectivity index (χ1n) is 4.58. The van der Waals surface area contributed by atoms with Gasteiger partial charge in [-0.25, -0.2) is 4.98 Å². The molecule has 1 saturated heterocycles. The maximum Gasteiger partial charge on any atom is 0.233 e. The molecular weight excluding hydrogens is 182 g/mol. The van der Waals surface area contributed by atoms with E-state index in [2.05, 4.69) is 15.3 Å². The highest BCUT2D eigenvalue weighted by Gasteiger charge is 2.20. The van der Waals surface area contributed by atoms with Crippen molar-refractivity contribution < 1.29 is 9.47 Å². The summed E-state index contributed by atoms with van der Waals surface area (Å²) in [6.45, 7) is 2.00. The Kier molecular flexibility index (Phi) is 2.90. The number of hydrogen-bond donors (Lipinski definition) is 1. The van der Waals surface area contributed by atoms with Crippen molar-refractivity contribution in [2.45, 2.75) is 12.6 Å². The van der Waals surface area contributed by atoms with Crippen LogP contribution in [-0.4, -0.2) is 36.3 Å².